The van der Waals surface area contributed by atoms with Gasteiger partial charge in [-0.2, -0.15) is 0 Å². The van der Waals surface area contributed by atoms with E-state index >= 15 is 0 Å². The van der Waals surface area contributed by atoms with Crippen LogP contribution in [0.25, 0.3) is 6.08 Å². The molecule has 0 unspecified atom stereocenters. The van der Waals surface area contributed by atoms with Crippen LogP contribution in [0.15, 0.2) is 30.3 Å². The van der Waals surface area contributed by atoms with Crippen molar-refractivity contribution in [2.75, 3.05) is 20.3 Å². The van der Waals surface area contributed by atoms with E-state index in [1.165, 1.54) is 6.08 Å². The first-order chi connectivity index (χ1) is 7.76. The van der Waals surface area contributed by atoms with Crippen LogP contribution in [0.2, 0.25) is 0 Å². The van der Waals surface area contributed by atoms with Gasteiger partial charge in [0, 0.05) is 6.08 Å². The van der Waals surface area contributed by atoms with Gasteiger partial charge in [0.1, 0.15) is 12.4 Å². The average Bonchev–Trinajstić information content (AvgIpc) is 2.34. The molecule has 0 aliphatic carbocycles. The molecule has 0 heterocycles. The number of carbonyl (C=O) groups excluding carboxylic acids is 1. The van der Waals surface area contributed by atoms with Gasteiger partial charge in [-0.05, 0) is 23.8 Å². The Kier molecular flexibility index (Phi) is 5.08. The van der Waals surface area contributed by atoms with E-state index < -0.39 is 5.97 Å². The van der Waals surface area contributed by atoms with Crippen molar-refractivity contribution in [3.8, 4) is 5.75 Å². The normalized spacial score (nSPS) is 10.4. The van der Waals surface area contributed by atoms with Crippen LogP contribution in [-0.2, 0) is 9.53 Å². The van der Waals surface area contributed by atoms with Crippen LogP contribution in [0.3, 0.4) is 0 Å². The second-order valence-corrected chi connectivity index (χ2v) is 3.00. The summed E-state index contributed by atoms with van der Waals surface area (Å²) >= 11 is 0. The highest BCUT2D eigenvalue weighted by Crippen LogP contribution is 2.12. The second-order valence-electron chi connectivity index (χ2n) is 3.00. The quantitative estimate of drug-likeness (QED) is 0.601. The molecule has 4 nitrogen and oxygen atoms in total. The standard InChI is InChI=1S/C12H14O4/c1-15-11-5-2-10(3-6-11)4-7-12(14)16-9-8-13/h2-7,13H,8-9H2,1H3. The molecule has 0 aliphatic rings. The van der Waals surface area contributed by atoms with E-state index in [0.29, 0.717) is 0 Å². The first-order valence-corrected chi connectivity index (χ1v) is 4.86. The first kappa shape index (κ1) is 12.3. The Morgan fingerprint density at radius 1 is 1.38 bits per heavy atom. The molecule has 1 aromatic carbocycles. The summed E-state index contributed by atoms with van der Waals surface area (Å²) in [5, 5.41) is 8.44. The van der Waals surface area contributed by atoms with E-state index in [2.05, 4.69) is 4.74 Å². The minimum absolute atomic E-state index is 0.0196. The molecule has 0 bridgehead atoms. The van der Waals surface area contributed by atoms with Gasteiger partial charge in [-0.1, -0.05) is 12.1 Å². The van der Waals surface area contributed by atoms with Gasteiger partial charge >= 0.3 is 5.97 Å². The van der Waals surface area contributed by atoms with Crippen LogP contribution in [0.5, 0.6) is 5.75 Å². The molecule has 0 atom stereocenters. The van der Waals surface area contributed by atoms with E-state index in [4.69, 9.17) is 9.84 Å². The molecule has 16 heavy (non-hydrogen) atoms. The average molecular weight is 222 g/mol. The molecule has 86 valence electrons. The number of benzene rings is 1. The monoisotopic (exact) mass is 222 g/mol. The molecule has 0 radical (unpaired) electrons. The molecule has 0 saturated heterocycles. The maximum Gasteiger partial charge on any atom is 0.330 e. The zero-order chi connectivity index (χ0) is 11.8. The van der Waals surface area contributed by atoms with Crippen LogP contribution in [0, 0.1) is 0 Å². The molecule has 1 aromatic rings. The SMILES string of the molecule is COc1ccc(C=CC(=O)OCCO)cc1. The molecule has 0 aliphatic heterocycles. The topological polar surface area (TPSA) is 55.8 Å². The van der Waals surface area contributed by atoms with Gasteiger partial charge < -0.3 is 14.6 Å². The fraction of sp³-hybridized carbons (Fsp3) is 0.250. The molecule has 0 aromatic heterocycles. The number of hydrogen-bond donors (Lipinski definition) is 1. The fourth-order valence-corrected chi connectivity index (χ4v) is 1.07. The molecule has 0 fully saturated rings. The van der Waals surface area contributed by atoms with Crippen molar-refractivity contribution in [1.82, 2.24) is 0 Å². The summed E-state index contributed by atoms with van der Waals surface area (Å²) in [5.74, 6) is 0.296. The molecule has 1 rings (SSSR count). The number of methoxy groups -OCH3 is 1. The molecule has 0 saturated carbocycles. The van der Waals surface area contributed by atoms with Crippen molar-refractivity contribution in [2.24, 2.45) is 0 Å². The highest BCUT2D eigenvalue weighted by Gasteiger charge is 1.95. The van der Waals surface area contributed by atoms with Crippen LogP contribution >= 0.6 is 0 Å². The number of esters is 1. The van der Waals surface area contributed by atoms with Crippen LogP contribution in [-0.4, -0.2) is 31.4 Å². The summed E-state index contributed by atoms with van der Waals surface area (Å²) in [6.45, 7) is -0.145. The van der Waals surface area contributed by atoms with Gasteiger partial charge in [-0.3, -0.25) is 0 Å². The third kappa shape index (κ3) is 4.14. The van der Waals surface area contributed by atoms with Crippen LogP contribution in [0.1, 0.15) is 5.56 Å². The lowest BCUT2D eigenvalue weighted by Crippen LogP contribution is -2.04. The third-order valence-corrected chi connectivity index (χ3v) is 1.86. The van der Waals surface area contributed by atoms with E-state index in [0.717, 1.165) is 11.3 Å². The largest absolute Gasteiger partial charge is 0.497 e. The van der Waals surface area contributed by atoms with Crippen molar-refractivity contribution in [1.29, 1.82) is 0 Å². The van der Waals surface area contributed by atoms with Crippen molar-refractivity contribution in [3.63, 3.8) is 0 Å². The van der Waals surface area contributed by atoms with Crippen molar-refractivity contribution in [2.45, 2.75) is 0 Å². The zero-order valence-corrected chi connectivity index (χ0v) is 9.05. The van der Waals surface area contributed by atoms with Gasteiger partial charge in [0.05, 0.1) is 13.7 Å². The van der Waals surface area contributed by atoms with Gasteiger partial charge in [-0.15, -0.1) is 0 Å². The van der Waals surface area contributed by atoms with Crippen molar-refractivity contribution >= 4 is 12.0 Å². The number of carbonyl (C=O) groups is 1. The molecule has 0 amide bonds. The van der Waals surface area contributed by atoms with Crippen molar-refractivity contribution < 1.29 is 19.4 Å². The molecule has 1 N–H and O–H groups in total. The minimum Gasteiger partial charge on any atom is -0.497 e. The first-order valence-electron chi connectivity index (χ1n) is 4.86. The maximum absolute atomic E-state index is 11.1. The van der Waals surface area contributed by atoms with E-state index in [-0.39, 0.29) is 13.2 Å². The summed E-state index contributed by atoms with van der Waals surface area (Å²) in [4.78, 5) is 11.1. The van der Waals surface area contributed by atoms with Gasteiger partial charge in [-0.25, -0.2) is 4.79 Å². The molecular weight excluding hydrogens is 208 g/mol. The lowest BCUT2D eigenvalue weighted by atomic mass is 10.2. The Morgan fingerprint density at radius 2 is 2.06 bits per heavy atom. The van der Waals surface area contributed by atoms with Gasteiger partial charge in [0.15, 0.2) is 0 Å². The Labute approximate surface area is 94.1 Å². The zero-order valence-electron chi connectivity index (χ0n) is 9.05. The predicted octanol–water partition coefficient (Wildman–Crippen LogP) is 1.24. The number of aliphatic hydroxyl groups is 1. The van der Waals surface area contributed by atoms with Crippen molar-refractivity contribution in [3.05, 3.63) is 35.9 Å². The van der Waals surface area contributed by atoms with E-state index in [9.17, 15) is 4.79 Å². The highest BCUT2D eigenvalue weighted by molar-refractivity contribution is 5.87. The van der Waals surface area contributed by atoms with Crippen LogP contribution < -0.4 is 4.74 Å². The molecule has 4 heteroatoms. The second kappa shape index (κ2) is 6.63. The minimum atomic E-state index is -0.468. The number of rotatable bonds is 5. The lowest BCUT2D eigenvalue weighted by Gasteiger charge is -1.99. The third-order valence-electron chi connectivity index (χ3n) is 1.86. The van der Waals surface area contributed by atoms with Crippen LogP contribution in [0.4, 0.5) is 0 Å². The summed E-state index contributed by atoms with van der Waals surface area (Å²) in [5.41, 5.74) is 0.877. The summed E-state index contributed by atoms with van der Waals surface area (Å²) < 4.78 is 9.66. The number of hydrogen-bond acceptors (Lipinski definition) is 4. The molecule has 0 spiro atoms. The van der Waals surface area contributed by atoms with Gasteiger partial charge in [0.25, 0.3) is 0 Å². The Hall–Kier alpha value is -1.81. The Balaban J connectivity index is 2.52. The molecular formula is C12H14O4. The number of ether oxygens (including phenoxy) is 2. The summed E-state index contributed by atoms with van der Waals surface area (Å²) in [6, 6.07) is 7.26. The number of aliphatic hydroxyl groups excluding tert-OH is 1. The van der Waals surface area contributed by atoms with E-state index in [1.807, 2.05) is 12.1 Å². The Morgan fingerprint density at radius 3 is 2.62 bits per heavy atom. The van der Waals surface area contributed by atoms with E-state index in [1.54, 1.807) is 25.3 Å². The summed E-state index contributed by atoms with van der Waals surface area (Å²) in [6.07, 6.45) is 2.95. The van der Waals surface area contributed by atoms with Gasteiger partial charge in [0.2, 0.25) is 0 Å². The smallest absolute Gasteiger partial charge is 0.330 e. The fourth-order valence-electron chi connectivity index (χ4n) is 1.07. The maximum atomic E-state index is 11.1. The summed E-state index contributed by atoms with van der Waals surface area (Å²) in [7, 11) is 1.59. The predicted molar refractivity (Wildman–Crippen MR) is 60.1 cm³/mol. The Bertz CT molecular complexity index is 354. The lowest BCUT2D eigenvalue weighted by molar-refractivity contribution is -0.138. The highest BCUT2D eigenvalue weighted by atomic mass is 16.5.